The van der Waals surface area contributed by atoms with Crippen molar-refractivity contribution in [1.82, 2.24) is 0 Å². The minimum absolute atomic E-state index is 0.00716. The van der Waals surface area contributed by atoms with E-state index in [4.69, 9.17) is 4.42 Å². The first-order chi connectivity index (χ1) is 13.6. The number of rotatable bonds is 4. The number of carbonyl (C=O) groups excluding carboxylic acids is 2. The van der Waals surface area contributed by atoms with E-state index in [9.17, 15) is 22.8 Å². The van der Waals surface area contributed by atoms with Gasteiger partial charge in [-0.15, -0.1) is 0 Å². The van der Waals surface area contributed by atoms with Gasteiger partial charge in [-0.25, -0.2) is 0 Å². The summed E-state index contributed by atoms with van der Waals surface area (Å²) >= 11 is 2.85. The lowest BCUT2D eigenvalue weighted by atomic mass is 10.1. The van der Waals surface area contributed by atoms with Crippen molar-refractivity contribution in [2.45, 2.75) is 13.1 Å². The van der Waals surface area contributed by atoms with Crippen LogP contribution in [0.2, 0.25) is 0 Å². The number of alkyl halides is 3. The fourth-order valence-corrected chi connectivity index (χ4v) is 2.98. The van der Waals surface area contributed by atoms with Crippen LogP contribution < -0.4 is 10.6 Å². The molecule has 0 aliphatic heterocycles. The summed E-state index contributed by atoms with van der Waals surface area (Å²) in [5.41, 5.74) is 0.343. The molecule has 1 heterocycles. The van der Waals surface area contributed by atoms with Crippen molar-refractivity contribution in [3.8, 4) is 0 Å². The Labute approximate surface area is 172 Å². The topological polar surface area (TPSA) is 71.3 Å². The van der Waals surface area contributed by atoms with Crippen molar-refractivity contribution in [1.29, 1.82) is 0 Å². The second kappa shape index (κ2) is 8.12. The maximum Gasteiger partial charge on any atom is 0.417 e. The van der Waals surface area contributed by atoms with E-state index in [1.807, 2.05) is 0 Å². The number of benzene rings is 2. The van der Waals surface area contributed by atoms with Crippen LogP contribution in [0.5, 0.6) is 0 Å². The van der Waals surface area contributed by atoms with Gasteiger partial charge in [0.2, 0.25) is 0 Å². The summed E-state index contributed by atoms with van der Waals surface area (Å²) in [6.07, 6.45) is -3.20. The summed E-state index contributed by atoms with van der Waals surface area (Å²) in [5.74, 6) is -0.999. The second-order valence-electron chi connectivity index (χ2n) is 6.11. The number of hydrogen-bond acceptors (Lipinski definition) is 3. The van der Waals surface area contributed by atoms with Crippen LogP contribution >= 0.6 is 15.9 Å². The Morgan fingerprint density at radius 3 is 2.41 bits per heavy atom. The number of halogens is 4. The monoisotopic (exact) mass is 466 g/mol. The summed E-state index contributed by atoms with van der Waals surface area (Å²) in [7, 11) is 0. The van der Waals surface area contributed by atoms with Gasteiger partial charge in [-0.3, -0.25) is 9.59 Å². The number of nitrogens with one attached hydrogen (secondary N) is 2. The average Bonchev–Trinajstić information content (AvgIpc) is 3.19. The van der Waals surface area contributed by atoms with E-state index in [1.54, 1.807) is 19.1 Å². The van der Waals surface area contributed by atoms with E-state index >= 15 is 0 Å². The van der Waals surface area contributed by atoms with Gasteiger partial charge in [0.25, 0.3) is 11.8 Å². The molecule has 3 rings (SSSR count). The first kappa shape index (κ1) is 20.7. The van der Waals surface area contributed by atoms with Gasteiger partial charge in [0.1, 0.15) is 0 Å². The SMILES string of the molecule is Cc1ccc(C(=O)Nc2ccc(Br)c(C(F)(F)F)c2)cc1NC(=O)c1ccco1. The molecule has 0 bridgehead atoms. The molecule has 29 heavy (non-hydrogen) atoms. The molecule has 150 valence electrons. The van der Waals surface area contributed by atoms with Crippen molar-refractivity contribution in [2.75, 3.05) is 10.6 Å². The molecule has 0 saturated carbocycles. The summed E-state index contributed by atoms with van der Waals surface area (Å²) in [6, 6.07) is 11.0. The van der Waals surface area contributed by atoms with E-state index in [-0.39, 0.29) is 21.5 Å². The van der Waals surface area contributed by atoms with Gasteiger partial charge < -0.3 is 15.1 Å². The molecular formula is C20H14BrF3N2O3. The molecule has 0 spiro atoms. The lowest BCUT2D eigenvalue weighted by Gasteiger charge is -2.13. The number of furan rings is 1. The predicted molar refractivity (Wildman–Crippen MR) is 105 cm³/mol. The van der Waals surface area contributed by atoms with Gasteiger partial charge in [-0.1, -0.05) is 22.0 Å². The van der Waals surface area contributed by atoms with E-state index in [0.29, 0.717) is 11.3 Å². The molecule has 5 nitrogen and oxygen atoms in total. The van der Waals surface area contributed by atoms with Gasteiger partial charge in [0.05, 0.1) is 11.8 Å². The maximum absolute atomic E-state index is 13.0. The smallest absolute Gasteiger partial charge is 0.417 e. The van der Waals surface area contributed by atoms with E-state index in [2.05, 4.69) is 26.6 Å². The Bertz CT molecular complexity index is 1060. The Morgan fingerprint density at radius 2 is 1.76 bits per heavy atom. The zero-order valence-corrected chi connectivity index (χ0v) is 16.5. The Morgan fingerprint density at radius 1 is 1.00 bits per heavy atom. The lowest BCUT2D eigenvalue weighted by Crippen LogP contribution is -2.16. The van der Waals surface area contributed by atoms with Crippen molar-refractivity contribution in [3.05, 3.63) is 81.7 Å². The average molecular weight is 467 g/mol. The zero-order valence-electron chi connectivity index (χ0n) is 14.9. The highest BCUT2D eigenvalue weighted by molar-refractivity contribution is 9.10. The lowest BCUT2D eigenvalue weighted by molar-refractivity contribution is -0.138. The minimum atomic E-state index is -4.56. The number of carbonyl (C=O) groups is 2. The number of aryl methyl sites for hydroxylation is 1. The van der Waals surface area contributed by atoms with Crippen molar-refractivity contribution >= 4 is 39.1 Å². The standard InChI is InChI=1S/C20H14BrF3N2O3/c1-11-4-5-12(9-16(11)26-19(28)17-3-2-8-29-17)18(27)25-13-6-7-15(21)14(10-13)20(22,23)24/h2-10H,1H3,(H,25,27)(H,26,28). The maximum atomic E-state index is 13.0. The first-order valence-electron chi connectivity index (χ1n) is 8.29. The van der Waals surface area contributed by atoms with Crippen molar-refractivity contribution in [2.24, 2.45) is 0 Å². The quantitative estimate of drug-likeness (QED) is 0.504. The summed E-state index contributed by atoms with van der Waals surface area (Å²) in [4.78, 5) is 24.6. The zero-order chi connectivity index (χ0) is 21.2. The number of amides is 2. The third kappa shape index (κ3) is 4.86. The number of anilines is 2. The Balaban J connectivity index is 1.81. The van der Waals surface area contributed by atoms with Crippen LogP contribution in [0.15, 0.2) is 63.7 Å². The van der Waals surface area contributed by atoms with Crippen LogP contribution in [-0.4, -0.2) is 11.8 Å². The highest BCUT2D eigenvalue weighted by Gasteiger charge is 2.33. The molecule has 3 aromatic rings. The van der Waals surface area contributed by atoms with Crippen molar-refractivity contribution in [3.63, 3.8) is 0 Å². The van der Waals surface area contributed by atoms with Crippen LogP contribution in [0, 0.1) is 6.92 Å². The molecule has 0 aliphatic rings. The Hall–Kier alpha value is -3.07. The highest BCUT2D eigenvalue weighted by atomic mass is 79.9. The highest BCUT2D eigenvalue weighted by Crippen LogP contribution is 2.36. The first-order valence-corrected chi connectivity index (χ1v) is 9.08. The largest absolute Gasteiger partial charge is 0.459 e. The normalized spacial score (nSPS) is 11.2. The molecule has 0 unspecified atom stereocenters. The van der Waals surface area contributed by atoms with Gasteiger partial charge in [-0.2, -0.15) is 13.2 Å². The van der Waals surface area contributed by atoms with Crippen LogP contribution in [-0.2, 0) is 6.18 Å². The van der Waals surface area contributed by atoms with E-state index in [0.717, 1.165) is 6.07 Å². The van der Waals surface area contributed by atoms with Gasteiger partial charge in [-0.05, 0) is 55.0 Å². The molecule has 1 aromatic heterocycles. The van der Waals surface area contributed by atoms with E-state index < -0.39 is 23.6 Å². The van der Waals surface area contributed by atoms with Crippen molar-refractivity contribution < 1.29 is 27.2 Å². The molecular weight excluding hydrogens is 453 g/mol. The third-order valence-electron chi connectivity index (χ3n) is 4.02. The van der Waals surface area contributed by atoms with Crippen LogP contribution in [0.3, 0.4) is 0 Å². The van der Waals surface area contributed by atoms with Crippen LogP contribution in [0.1, 0.15) is 32.0 Å². The fraction of sp³-hybridized carbons (Fsp3) is 0.100. The van der Waals surface area contributed by atoms with Crippen LogP contribution in [0.25, 0.3) is 0 Å². The van der Waals surface area contributed by atoms with E-state index in [1.165, 1.54) is 36.6 Å². The molecule has 2 aromatic carbocycles. The molecule has 0 atom stereocenters. The molecule has 0 fully saturated rings. The molecule has 0 radical (unpaired) electrons. The minimum Gasteiger partial charge on any atom is -0.459 e. The molecule has 2 N–H and O–H groups in total. The fourth-order valence-electron chi connectivity index (χ4n) is 2.51. The van der Waals surface area contributed by atoms with Crippen LogP contribution in [0.4, 0.5) is 24.5 Å². The molecule has 2 amide bonds. The van der Waals surface area contributed by atoms with Gasteiger partial charge in [0, 0.05) is 21.4 Å². The molecule has 0 aliphatic carbocycles. The molecule has 9 heteroatoms. The number of hydrogen-bond donors (Lipinski definition) is 2. The summed E-state index contributed by atoms with van der Waals surface area (Å²) in [5, 5.41) is 5.08. The Kier molecular flexibility index (Phi) is 5.78. The van der Waals surface area contributed by atoms with Gasteiger partial charge >= 0.3 is 6.18 Å². The third-order valence-corrected chi connectivity index (χ3v) is 4.71. The second-order valence-corrected chi connectivity index (χ2v) is 6.96. The molecule has 0 saturated heterocycles. The predicted octanol–water partition coefficient (Wildman–Crippen LogP) is 5.87. The summed E-state index contributed by atoms with van der Waals surface area (Å²) in [6.45, 7) is 1.74. The summed E-state index contributed by atoms with van der Waals surface area (Å²) < 4.78 is 44.0. The van der Waals surface area contributed by atoms with Gasteiger partial charge in [0.15, 0.2) is 5.76 Å².